The van der Waals surface area contributed by atoms with Crippen molar-refractivity contribution in [3.05, 3.63) is 0 Å². The first-order valence-electron chi connectivity index (χ1n) is 11.8. The Labute approximate surface area is 200 Å². The molecule has 0 aromatic carbocycles. The van der Waals surface area contributed by atoms with E-state index in [9.17, 15) is 14.4 Å². The number of likely N-dealkylation sites (N-methyl/N-ethyl adjacent to an activating group) is 1. The van der Waals surface area contributed by atoms with Gasteiger partial charge in [0, 0.05) is 18.4 Å². The van der Waals surface area contributed by atoms with E-state index in [-0.39, 0.29) is 29.9 Å². The summed E-state index contributed by atoms with van der Waals surface area (Å²) in [4.78, 5) is 34.8. The predicted molar refractivity (Wildman–Crippen MR) is 130 cm³/mol. The molecule has 0 rings (SSSR count). The first kappa shape index (κ1) is 31.5. The van der Waals surface area contributed by atoms with Crippen molar-refractivity contribution in [1.29, 1.82) is 0 Å². The molecular formula is C25H48N2O6. The van der Waals surface area contributed by atoms with E-state index in [4.69, 9.17) is 14.6 Å². The Morgan fingerprint density at radius 2 is 1.52 bits per heavy atom. The highest BCUT2D eigenvalue weighted by molar-refractivity contribution is 5.81. The highest BCUT2D eigenvalue weighted by Gasteiger charge is 2.43. The fraction of sp³-hybridized carbons (Fsp3) is 0.880. The lowest BCUT2D eigenvalue weighted by Crippen LogP contribution is -2.46. The topological polar surface area (TPSA) is 114 Å². The molecule has 0 aliphatic rings. The molecule has 1 atom stereocenters. The standard InChI is InChI=1S/C25H48N2O6/c1-18(28)22(2,3)17-23(4,5)25(8,9)33-15-13-24(6,7)32-16-14-27-20(29)12-11-19(26-10)21(30)31/h19,26H,11-17H2,1-10H3,(H,27,29)(H,30,31). The van der Waals surface area contributed by atoms with Crippen molar-refractivity contribution in [3.8, 4) is 0 Å². The molecule has 8 nitrogen and oxygen atoms in total. The van der Waals surface area contributed by atoms with E-state index in [1.54, 1.807) is 14.0 Å². The van der Waals surface area contributed by atoms with Crippen LogP contribution in [-0.4, -0.2) is 66.8 Å². The fourth-order valence-corrected chi connectivity index (χ4v) is 3.53. The van der Waals surface area contributed by atoms with Gasteiger partial charge in [-0.25, -0.2) is 0 Å². The quantitative estimate of drug-likeness (QED) is 0.277. The summed E-state index contributed by atoms with van der Waals surface area (Å²) in [6.45, 7) is 19.2. The van der Waals surface area contributed by atoms with Crippen molar-refractivity contribution in [2.75, 3.05) is 26.8 Å². The molecule has 0 aliphatic heterocycles. The van der Waals surface area contributed by atoms with Crippen LogP contribution in [0.2, 0.25) is 0 Å². The Hall–Kier alpha value is -1.51. The van der Waals surface area contributed by atoms with Gasteiger partial charge in [-0.05, 0) is 66.3 Å². The average Bonchev–Trinajstić information content (AvgIpc) is 2.64. The number of carbonyl (C=O) groups excluding carboxylic acids is 2. The van der Waals surface area contributed by atoms with Gasteiger partial charge in [0.2, 0.25) is 5.91 Å². The van der Waals surface area contributed by atoms with Crippen molar-refractivity contribution in [3.63, 3.8) is 0 Å². The largest absolute Gasteiger partial charge is 0.480 e. The molecule has 0 bridgehead atoms. The average molecular weight is 473 g/mol. The summed E-state index contributed by atoms with van der Waals surface area (Å²) in [5.74, 6) is -0.984. The van der Waals surface area contributed by atoms with Gasteiger partial charge in [-0.2, -0.15) is 0 Å². The molecule has 0 fully saturated rings. The van der Waals surface area contributed by atoms with E-state index < -0.39 is 28.6 Å². The number of carboxylic acids is 1. The zero-order valence-corrected chi connectivity index (χ0v) is 22.5. The summed E-state index contributed by atoms with van der Waals surface area (Å²) < 4.78 is 12.2. The molecule has 1 amide bonds. The van der Waals surface area contributed by atoms with Gasteiger partial charge in [-0.1, -0.05) is 27.7 Å². The number of ketones is 1. The molecule has 8 heteroatoms. The minimum Gasteiger partial charge on any atom is -0.480 e. The second-order valence-corrected chi connectivity index (χ2v) is 11.3. The van der Waals surface area contributed by atoms with Crippen LogP contribution in [0.1, 0.15) is 88.0 Å². The first-order chi connectivity index (χ1) is 14.9. The lowest BCUT2D eigenvalue weighted by atomic mass is 9.66. The highest BCUT2D eigenvalue weighted by atomic mass is 16.5. The van der Waals surface area contributed by atoms with Gasteiger partial charge in [0.1, 0.15) is 11.8 Å². The number of ether oxygens (including phenoxy) is 2. The van der Waals surface area contributed by atoms with Crippen LogP contribution >= 0.6 is 0 Å². The van der Waals surface area contributed by atoms with Gasteiger partial charge in [0.15, 0.2) is 0 Å². The van der Waals surface area contributed by atoms with Crippen molar-refractivity contribution < 1.29 is 29.0 Å². The van der Waals surface area contributed by atoms with Gasteiger partial charge in [-0.15, -0.1) is 0 Å². The van der Waals surface area contributed by atoms with Crippen molar-refractivity contribution in [1.82, 2.24) is 10.6 Å². The van der Waals surface area contributed by atoms with E-state index in [1.807, 2.05) is 27.7 Å². The second-order valence-electron chi connectivity index (χ2n) is 11.3. The maximum atomic E-state index is 12.0. The van der Waals surface area contributed by atoms with E-state index in [0.29, 0.717) is 26.2 Å². The molecule has 0 saturated carbocycles. The molecule has 194 valence electrons. The number of carboxylic acid groups (broad SMARTS) is 1. The van der Waals surface area contributed by atoms with E-state index >= 15 is 0 Å². The van der Waals surface area contributed by atoms with Gasteiger partial charge in [-0.3, -0.25) is 14.4 Å². The molecule has 0 aromatic heterocycles. The monoisotopic (exact) mass is 472 g/mol. The highest BCUT2D eigenvalue weighted by Crippen LogP contribution is 2.43. The zero-order valence-electron chi connectivity index (χ0n) is 22.5. The molecule has 0 aliphatic carbocycles. The van der Waals surface area contributed by atoms with Gasteiger partial charge in [0.05, 0.1) is 24.4 Å². The third-order valence-electron chi connectivity index (χ3n) is 6.86. The molecule has 1 unspecified atom stereocenters. The van der Waals surface area contributed by atoms with Crippen LogP contribution in [0, 0.1) is 10.8 Å². The Morgan fingerprint density at radius 1 is 0.939 bits per heavy atom. The first-order valence-corrected chi connectivity index (χ1v) is 11.8. The Morgan fingerprint density at radius 3 is 2.00 bits per heavy atom. The number of Topliss-reactive ketones (excluding diaryl/α,β-unsaturated/α-hetero) is 1. The van der Waals surface area contributed by atoms with E-state index in [1.165, 1.54) is 0 Å². The minimum absolute atomic E-state index is 0.139. The van der Waals surface area contributed by atoms with Gasteiger partial charge >= 0.3 is 5.97 Å². The number of amides is 1. The fourth-order valence-electron chi connectivity index (χ4n) is 3.53. The van der Waals surface area contributed by atoms with Crippen LogP contribution in [0.25, 0.3) is 0 Å². The number of aliphatic carboxylic acids is 1. The predicted octanol–water partition coefficient (Wildman–Crippen LogP) is 3.57. The van der Waals surface area contributed by atoms with Crippen LogP contribution in [-0.2, 0) is 23.9 Å². The molecule has 0 spiro atoms. The Kier molecular flexibility index (Phi) is 12.2. The maximum absolute atomic E-state index is 12.0. The summed E-state index contributed by atoms with van der Waals surface area (Å²) >= 11 is 0. The summed E-state index contributed by atoms with van der Waals surface area (Å²) in [6.07, 6.45) is 1.78. The van der Waals surface area contributed by atoms with Crippen molar-refractivity contribution in [2.24, 2.45) is 10.8 Å². The smallest absolute Gasteiger partial charge is 0.320 e. The number of carbonyl (C=O) groups is 3. The van der Waals surface area contributed by atoms with Crippen molar-refractivity contribution in [2.45, 2.75) is 105 Å². The molecule has 0 aromatic rings. The SMILES string of the molecule is CNC(CCC(=O)NCCOC(C)(C)CCOC(C)(C)C(C)(C)CC(C)(C)C(C)=O)C(=O)O. The summed E-state index contributed by atoms with van der Waals surface area (Å²) in [5, 5.41) is 14.4. The number of hydrogen-bond acceptors (Lipinski definition) is 6. The van der Waals surface area contributed by atoms with E-state index in [0.717, 1.165) is 6.42 Å². The van der Waals surface area contributed by atoms with Crippen LogP contribution in [0.15, 0.2) is 0 Å². The van der Waals surface area contributed by atoms with Gasteiger partial charge in [0.25, 0.3) is 0 Å². The Bertz CT molecular complexity index is 655. The normalized spacial score (nSPS) is 14.1. The van der Waals surface area contributed by atoms with E-state index in [2.05, 4.69) is 38.3 Å². The van der Waals surface area contributed by atoms with Crippen LogP contribution in [0.4, 0.5) is 0 Å². The lowest BCUT2D eigenvalue weighted by Gasteiger charge is -2.45. The molecular weight excluding hydrogens is 424 g/mol. The molecule has 33 heavy (non-hydrogen) atoms. The molecule has 0 saturated heterocycles. The Balaban J connectivity index is 4.43. The zero-order chi connectivity index (χ0) is 26.1. The van der Waals surface area contributed by atoms with Crippen LogP contribution in [0.3, 0.4) is 0 Å². The second kappa shape index (κ2) is 12.8. The summed E-state index contributed by atoms with van der Waals surface area (Å²) in [7, 11) is 1.56. The molecule has 3 N–H and O–H groups in total. The summed E-state index contributed by atoms with van der Waals surface area (Å²) in [6, 6.07) is -0.728. The number of hydrogen-bond donors (Lipinski definition) is 3. The summed E-state index contributed by atoms with van der Waals surface area (Å²) in [5.41, 5.74) is -1.46. The third-order valence-corrected chi connectivity index (χ3v) is 6.86. The third kappa shape index (κ3) is 11.5. The minimum atomic E-state index is -0.966. The number of rotatable bonds is 17. The molecule has 0 heterocycles. The van der Waals surface area contributed by atoms with Crippen LogP contribution in [0.5, 0.6) is 0 Å². The maximum Gasteiger partial charge on any atom is 0.320 e. The number of nitrogens with one attached hydrogen (secondary N) is 2. The van der Waals surface area contributed by atoms with Gasteiger partial charge < -0.3 is 25.2 Å². The lowest BCUT2D eigenvalue weighted by molar-refractivity contribution is -0.141. The van der Waals surface area contributed by atoms with Crippen LogP contribution < -0.4 is 10.6 Å². The molecule has 0 radical (unpaired) electrons. The van der Waals surface area contributed by atoms with Crippen molar-refractivity contribution >= 4 is 17.7 Å².